The first kappa shape index (κ1) is 20.4. The van der Waals surface area contributed by atoms with Crippen LogP contribution in [0, 0.1) is 5.92 Å². The summed E-state index contributed by atoms with van der Waals surface area (Å²) in [6, 6.07) is 17.4. The molecular weight excluding hydrogens is 352 g/mol. The van der Waals surface area contributed by atoms with Crippen LogP contribution in [0.2, 0.25) is 0 Å². The molecule has 2 atom stereocenters. The number of hydrogen-bond acceptors (Lipinski definition) is 4. The fourth-order valence-electron chi connectivity index (χ4n) is 3.83. The van der Waals surface area contributed by atoms with E-state index in [1.54, 1.807) is 7.11 Å². The molecular formula is C23H30N2O3. The largest absolute Gasteiger partial charge is 0.497 e. The topological polar surface area (TPSA) is 61.8 Å². The fraction of sp³-hybridized carbons (Fsp3) is 0.435. The van der Waals surface area contributed by atoms with Crippen molar-refractivity contribution in [1.29, 1.82) is 0 Å². The number of likely N-dealkylation sites (tertiary alicyclic amines) is 1. The van der Waals surface area contributed by atoms with Crippen molar-refractivity contribution in [3.8, 4) is 5.75 Å². The summed E-state index contributed by atoms with van der Waals surface area (Å²) >= 11 is 0. The summed E-state index contributed by atoms with van der Waals surface area (Å²) in [5.74, 6) is 1.06. The van der Waals surface area contributed by atoms with Gasteiger partial charge in [0, 0.05) is 6.54 Å². The molecule has 3 rings (SSSR count). The third-order valence-electron chi connectivity index (χ3n) is 5.69. The zero-order chi connectivity index (χ0) is 19.9. The van der Waals surface area contributed by atoms with Gasteiger partial charge in [0.15, 0.2) is 0 Å². The zero-order valence-electron chi connectivity index (χ0n) is 16.7. The van der Waals surface area contributed by atoms with Crippen molar-refractivity contribution < 1.29 is 14.6 Å². The lowest BCUT2D eigenvalue weighted by Crippen LogP contribution is -2.48. The van der Waals surface area contributed by atoms with Crippen molar-refractivity contribution in [1.82, 2.24) is 10.2 Å². The molecule has 5 heteroatoms. The van der Waals surface area contributed by atoms with Crippen LogP contribution in [0.3, 0.4) is 0 Å². The van der Waals surface area contributed by atoms with Gasteiger partial charge in [-0.2, -0.15) is 0 Å². The highest BCUT2D eigenvalue weighted by Gasteiger charge is 2.30. The van der Waals surface area contributed by atoms with Crippen molar-refractivity contribution in [2.75, 3.05) is 20.2 Å². The Kier molecular flexibility index (Phi) is 7.06. The summed E-state index contributed by atoms with van der Waals surface area (Å²) in [4.78, 5) is 14.8. The summed E-state index contributed by atoms with van der Waals surface area (Å²) in [6.07, 6.45) is 1.35. The van der Waals surface area contributed by atoms with Gasteiger partial charge in [0.2, 0.25) is 5.91 Å². The van der Waals surface area contributed by atoms with Gasteiger partial charge in [-0.25, -0.2) is 0 Å². The molecule has 28 heavy (non-hydrogen) atoms. The van der Waals surface area contributed by atoms with Gasteiger partial charge in [0.25, 0.3) is 0 Å². The fourth-order valence-corrected chi connectivity index (χ4v) is 3.83. The van der Waals surface area contributed by atoms with E-state index in [1.807, 2.05) is 61.5 Å². The molecule has 0 aromatic heterocycles. The number of methoxy groups -OCH3 is 1. The zero-order valence-corrected chi connectivity index (χ0v) is 16.7. The number of hydrogen-bond donors (Lipinski definition) is 2. The predicted octanol–water partition coefficient (Wildman–Crippen LogP) is 3.15. The van der Waals surface area contributed by atoms with E-state index in [-0.39, 0.29) is 17.9 Å². The number of benzene rings is 2. The molecule has 1 aliphatic heterocycles. The van der Waals surface area contributed by atoms with Gasteiger partial charge in [0.05, 0.1) is 19.3 Å². The van der Waals surface area contributed by atoms with Gasteiger partial charge in [-0.05, 0) is 62.0 Å². The van der Waals surface area contributed by atoms with E-state index >= 15 is 0 Å². The molecule has 1 heterocycles. The minimum Gasteiger partial charge on any atom is -0.497 e. The number of nitrogens with zero attached hydrogens (tertiary/aromatic N) is 1. The van der Waals surface area contributed by atoms with Crippen molar-refractivity contribution >= 4 is 5.91 Å². The molecule has 1 saturated heterocycles. The van der Waals surface area contributed by atoms with E-state index in [4.69, 9.17) is 4.74 Å². The maximum Gasteiger partial charge on any atom is 0.237 e. The minimum atomic E-state index is -0.430. The Hall–Kier alpha value is -2.37. The molecule has 1 amide bonds. The number of carbonyl (C=O) groups excluding carboxylic acids is 1. The number of piperidine rings is 1. The summed E-state index contributed by atoms with van der Waals surface area (Å²) in [7, 11) is 1.64. The van der Waals surface area contributed by atoms with Crippen LogP contribution >= 0.6 is 0 Å². The smallest absolute Gasteiger partial charge is 0.237 e. The molecule has 0 spiro atoms. The van der Waals surface area contributed by atoms with Crippen molar-refractivity contribution in [2.45, 2.75) is 38.5 Å². The number of ether oxygens (including phenoxy) is 1. The van der Waals surface area contributed by atoms with Gasteiger partial charge in [-0.1, -0.05) is 42.5 Å². The minimum absolute atomic E-state index is 0.0323. The molecule has 5 nitrogen and oxygen atoms in total. The van der Waals surface area contributed by atoms with Crippen LogP contribution in [-0.4, -0.2) is 42.2 Å². The normalized spacial score (nSPS) is 17.7. The number of carbonyl (C=O) groups is 1. The molecule has 2 aromatic rings. The van der Waals surface area contributed by atoms with Gasteiger partial charge in [-0.3, -0.25) is 9.69 Å². The van der Waals surface area contributed by atoms with Crippen molar-refractivity contribution in [3.63, 3.8) is 0 Å². The van der Waals surface area contributed by atoms with E-state index in [0.29, 0.717) is 6.54 Å². The Labute approximate surface area is 167 Å². The number of aliphatic hydroxyl groups excluding tert-OH is 1. The molecule has 2 N–H and O–H groups in total. The monoisotopic (exact) mass is 382 g/mol. The quantitative estimate of drug-likeness (QED) is 0.772. The van der Waals surface area contributed by atoms with E-state index in [9.17, 15) is 9.90 Å². The number of aliphatic hydroxyl groups is 1. The molecule has 2 unspecified atom stereocenters. The van der Waals surface area contributed by atoms with E-state index < -0.39 is 6.10 Å². The van der Waals surface area contributed by atoms with Crippen LogP contribution in [0.4, 0.5) is 0 Å². The molecule has 0 saturated carbocycles. The lowest BCUT2D eigenvalue weighted by Gasteiger charge is -2.37. The molecule has 0 aliphatic carbocycles. The Bertz CT molecular complexity index is 757. The second-order valence-corrected chi connectivity index (χ2v) is 7.47. The lowest BCUT2D eigenvalue weighted by molar-refractivity contribution is -0.126. The molecule has 0 bridgehead atoms. The third-order valence-corrected chi connectivity index (χ3v) is 5.69. The lowest BCUT2D eigenvalue weighted by atomic mass is 9.87. The number of rotatable bonds is 7. The Morgan fingerprint density at radius 2 is 1.89 bits per heavy atom. The Balaban J connectivity index is 1.47. The molecule has 150 valence electrons. The second-order valence-electron chi connectivity index (χ2n) is 7.47. The van der Waals surface area contributed by atoms with E-state index in [1.165, 1.54) is 0 Å². The summed E-state index contributed by atoms with van der Waals surface area (Å²) in [6.45, 7) is 4.09. The van der Waals surface area contributed by atoms with Crippen molar-refractivity contribution in [3.05, 3.63) is 65.7 Å². The predicted molar refractivity (Wildman–Crippen MR) is 110 cm³/mol. The van der Waals surface area contributed by atoms with Crippen LogP contribution < -0.4 is 10.1 Å². The first-order valence-corrected chi connectivity index (χ1v) is 9.96. The number of amides is 1. The summed E-state index contributed by atoms with van der Waals surface area (Å²) < 4.78 is 5.22. The highest BCUT2D eigenvalue weighted by atomic mass is 16.5. The molecule has 1 aliphatic rings. The SMILES string of the molecule is COc1cccc(CNC(=O)C(C)N2CCC(C(O)c3ccccc3)CC2)c1. The first-order chi connectivity index (χ1) is 13.6. The van der Waals surface area contributed by atoms with Crippen LogP contribution in [0.1, 0.15) is 37.0 Å². The summed E-state index contributed by atoms with van der Waals surface area (Å²) in [5.41, 5.74) is 2.00. The first-order valence-electron chi connectivity index (χ1n) is 9.96. The highest BCUT2D eigenvalue weighted by molar-refractivity contribution is 5.81. The van der Waals surface area contributed by atoms with E-state index in [2.05, 4.69) is 10.2 Å². The van der Waals surface area contributed by atoms with Crippen LogP contribution in [0.15, 0.2) is 54.6 Å². The average Bonchev–Trinajstić information content (AvgIpc) is 2.77. The average molecular weight is 383 g/mol. The van der Waals surface area contributed by atoms with Gasteiger partial charge < -0.3 is 15.2 Å². The van der Waals surface area contributed by atoms with E-state index in [0.717, 1.165) is 42.8 Å². The van der Waals surface area contributed by atoms with Crippen LogP contribution in [0.5, 0.6) is 5.75 Å². The Morgan fingerprint density at radius 1 is 1.18 bits per heavy atom. The molecule has 1 fully saturated rings. The molecule has 0 radical (unpaired) electrons. The van der Waals surface area contributed by atoms with Crippen LogP contribution in [-0.2, 0) is 11.3 Å². The standard InChI is InChI=1S/C23H30N2O3/c1-17(23(27)24-16-18-7-6-10-21(15-18)28-2)25-13-11-20(12-14-25)22(26)19-8-4-3-5-9-19/h3-10,15,17,20,22,26H,11-14,16H2,1-2H3,(H,24,27). The maximum absolute atomic E-state index is 12.6. The van der Waals surface area contributed by atoms with Gasteiger partial charge >= 0.3 is 0 Å². The second kappa shape index (κ2) is 9.71. The van der Waals surface area contributed by atoms with Gasteiger partial charge in [0.1, 0.15) is 5.75 Å². The summed E-state index contributed by atoms with van der Waals surface area (Å²) in [5, 5.41) is 13.6. The maximum atomic E-state index is 12.6. The molecule has 2 aromatic carbocycles. The number of nitrogens with one attached hydrogen (secondary N) is 1. The van der Waals surface area contributed by atoms with Gasteiger partial charge in [-0.15, -0.1) is 0 Å². The highest BCUT2D eigenvalue weighted by Crippen LogP contribution is 2.31. The van der Waals surface area contributed by atoms with Crippen LogP contribution in [0.25, 0.3) is 0 Å². The van der Waals surface area contributed by atoms with Crippen molar-refractivity contribution in [2.24, 2.45) is 5.92 Å². The third kappa shape index (κ3) is 5.12. The Morgan fingerprint density at radius 3 is 2.57 bits per heavy atom.